The highest BCUT2D eigenvalue weighted by Gasteiger charge is 2.39. The van der Waals surface area contributed by atoms with Crippen LogP contribution < -0.4 is 15.4 Å². The molecule has 35 heavy (non-hydrogen) atoms. The minimum absolute atomic E-state index is 0.00158. The van der Waals surface area contributed by atoms with E-state index in [1.165, 1.54) is 18.1 Å². The van der Waals surface area contributed by atoms with E-state index in [1.54, 1.807) is 30.1 Å². The molecule has 0 spiro atoms. The molecule has 1 aliphatic carbocycles. The van der Waals surface area contributed by atoms with Crippen LogP contribution in [0.1, 0.15) is 47.7 Å². The second-order valence-electron chi connectivity index (χ2n) is 9.71. The molecule has 3 atom stereocenters. The van der Waals surface area contributed by atoms with Crippen molar-refractivity contribution in [2.45, 2.75) is 63.3 Å². The Hall–Kier alpha value is -3.39. The topological polar surface area (TPSA) is 97.0 Å². The average Bonchev–Trinajstić information content (AvgIpc) is 3.23. The molecule has 8 heteroatoms. The van der Waals surface area contributed by atoms with Gasteiger partial charge in [-0.15, -0.1) is 0 Å². The van der Waals surface area contributed by atoms with Gasteiger partial charge in [0.15, 0.2) is 0 Å². The van der Waals surface area contributed by atoms with Crippen molar-refractivity contribution >= 4 is 23.4 Å². The van der Waals surface area contributed by atoms with Crippen LogP contribution in [0.2, 0.25) is 0 Å². The molecule has 2 aliphatic heterocycles. The number of hydrogen-bond acceptors (Lipinski definition) is 5. The van der Waals surface area contributed by atoms with Gasteiger partial charge in [-0.25, -0.2) is 0 Å². The minimum Gasteiger partial charge on any atom is -0.490 e. The van der Waals surface area contributed by atoms with Crippen molar-refractivity contribution < 1.29 is 23.9 Å². The molecule has 0 saturated carbocycles. The summed E-state index contributed by atoms with van der Waals surface area (Å²) in [6.45, 7) is 1.71. The van der Waals surface area contributed by atoms with E-state index in [0.717, 1.165) is 19.3 Å². The van der Waals surface area contributed by atoms with Gasteiger partial charge in [-0.3, -0.25) is 14.4 Å². The molecule has 0 aromatic heterocycles. The second kappa shape index (κ2) is 9.70. The average molecular weight is 478 g/mol. The van der Waals surface area contributed by atoms with Crippen LogP contribution in [-0.4, -0.2) is 60.6 Å². The van der Waals surface area contributed by atoms with Crippen LogP contribution in [0.25, 0.3) is 0 Å². The number of nitrogens with one attached hydrogen (secondary N) is 2. The second-order valence-corrected chi connectivity index (χ2v) is 9.71. The number of nitrogens with zero attached hydrogens (tertiary/aromatic N) is 1. The number of amides is 3. The summed E-state index contributed by atoms with van der Waals surface area (Å²) in [5, 5.41) is 5.88. The van der Waals surface area contributed by atoms with Gasteiger partial charge in [0.1, 0.15) is 18.5 Å². The summed E-state index contributed by atoms with van der Waals surface area (Å²) in [4.78, 5) is 39.1. The van der Waals surface area contributed by atoms with Crippen molar-refractivity contribution in [3.8, 4) is 5.75 Å². The lowest BCUT2D eigenvalue weighted by Gasteiger charge is -2.42. The molecule has 8 nitrogen and oxygen atoms in total. The quantitative estimate of drug-likeness (QED) is 0.706. The van der Waals surface area contributed by atoms with Gasteiger partial charge in [0.25, 0.3) is 5.91 Å². The maximum Gasteiger partial charge on any atom is 0.257 e. The Morgan fingerprint density at radius 1 is 1.09 bits per heavy atom. The maximum absolute atomic E-state index is 13.2. The molecular formula is C27H31N3O5. The Kier molecular flexibility index (Phi) is 6.47. The van der Waals surface area contributed by atoms with Crippen LogP contribution in [0.3, 0.4) is 0 Å². The van der Waals surface area contributed by atoms with Crippen molar-refractivity contribution in [1.82, 2.24) is 10.2 Å². The SMILES string of the molecule is CC(=O)Nc1ccc2c(c1)C(=O)N(C)[C@H]1CC[C@@H](CC(=O)NC3Cc4ccccc4C3)O[C@H]1CO2. The molecule has 184 valence electrons. The first-order chi connectivity index (χ1) is 16.9. The summed E-state index contributed by atoms with van der Waals surface area (Å²) in [6.07, 6.45) is 2.90. The number of hydrogen-bond donors (Lipinski definition) is 2. The minimum atomic E-state index is -0.325. The third kappa shape index (κ3) is 5.03. The van der Waals surface area contributed by atoms with Crippen molar-refractivity contribution in [2.24, 2.45) is 0 Å². The monoisotopic (exact) mass is 477 g/mol. The molecule has 1 fully saturated rings. The number of benzene rings is 2. The predicted molar refractivity (Wildman–Crippen MR) is 130 cm³/mol. The fraction of sp³-hybridized carbons (Fsp3) is 0.444. The van der Waals surface area contributed by atoms with E-state index >= 15 is 0 Å². The van der Waals surface area contributed by atoms with Crippen molar-refractivity contribution in [3.05, 3.63) is 59.2 Å². The Morgan fingerprint density at radius 2 is 1.83 bits per heavy atom. The molecule has 2 heterocycles. The standard InChI is InChI=1S/C27H31N3O5/c1-16(31)28-19-7-10-24-22(13-19)27(33)30(2)23-9-8-21(35-25(23)15-34-24)14-26(32)29-20-11-17-5-3-4-6-18(17)12-20/h3-7,10,13,20-21,23,25H,8-9,11-12,14-15H2,1-2H3,(H,28,31)(H,29,32)/t21-,23-,25-/m0/s1. The Balaban J connectivity index is 1.21. The van der Waals surface area contributed by atoms with Crippen molar-refractivity contribution in [1.29, 1.82) is 0 Å². The van der Waals surface area contributed by atoms with Gasteiger partial charge in [-0.1, -0.05) is 24.3 Å². The normalized spacial score (nSPS) is 23.8. The summed E-state index contributed by atoms with van der Waals surface area (Å²) in [5.74, 6) is 0.0743. The molecule has 2 aromatic rings. The zero-order chi connectivity index (χ0) is 24.5. The van der Waals surface area contributed by atoms with Gasteiger partial charge >= 0.3 is 0 Å². The van der Waals surface area contributed by atoms with Crippen molar-refractivity contribution in [3.63, 3.8) is 0 Å². The van der Waals surface area contributed by atoms with Crippen molar-refractivity contribution in [2.75, 3.05) is 19.0 Å². The van der Waals surface area contributed by atoms with E-state index in [1.807, 2.05) is 12.1 Å². The van der Waals surface area contributed by atoms with E-state index in [0.29, 0.717) is 29.8 Å². The predicted octanol–water partition coefficient (Wildman–Crippen LogP) is 2.70. The molecule has 3 amide bonds. The highest BCUT2D eigenvalue weighted by atomic mass is 16.5. The first-order valence-electron chi connectivity index (χ1n) is 12.2. The van der Waals surface area contributed by atoms with Gasteiger partial charge in [0.05, 0.1) is 24.1 Å². The molecule has 0 bridgehead atoms. The van der Waals surface area contributed by atoms with E-state index in [9.17, 15) is 14.4 Å². The van der Waals surface area contributed by atoms with E-state index < -0.39 is 0 Å². The number of rotatable bonds is 4. The first-order valence-corrected chi connectivity index (χ1v) is 12.2. The summed E-state index contributed by atoms with van der Waals surface area (Å²) in [5.41, 5.74) is 3.57. The lowest BCUT2D eigenvalue weighted by molar-refractivity contribution is -0.134. The summed E-state index contributed by atoms with van der Waals surface area (Å²) in [6, 6.07) is 13.3. The Bertz CT molecular complexity index is 1120. The molecule has 2 N–H and O–H groups in total. The van der Waals surface area contributed by atoms with Gasteiger partial charge in [0, 0.05) is 25.7 Å². The number of carbonyl (C=O) groups excluding carboxylic acids is 3. The summed E-state index contributed by atoms with van der Waals surface area (Å²) < 4.78 is 12.3. The van der Waals surface area contributed by atoms with Gasteiger partial charge < -0.3 is 25.0 Å². The number of ether oxygens (including phenoxy) is 2. The molecule has 1 saturated heterocycles. The Morgan fingerprint density at radius 3 is 2.54 bits per heavy atom. The Labute approximate surface area is 205 Å². The van der Waals surface area contributed by atoms with Gasteiger partial charge in [-0.2, -0.15) is 0 Å². The lowest BCUT2D eigenvalue weighted by atomic mass is 9.94. The number of likely N-dealkylation sites (N-methyl/N-ethyl adjacent to an activating group) is 1. The van der Waals surface area contributed by atoms with Crippen LogP contribution in [0.15, 0.2) is 42.5 Å². The van der Waals surface area contributed by atoms with Gasteiger partial charge in [-0.05, 0) is 55.0 Å². The number of fused-ring (bicyclic) bond motifs is 3. The molecular weight excluding hydrogens is 446 g/mol. The van der Waals surface area contributed by atoms with Crippen LogP contribution in [0, 0.1) is 0 Å². The molecule has 5 rings (SSSR count). The largest absolute Gasteiger partial charge is 0.490 e. The molecule has 0 radical (unpaired) electrons. The van der Waals surface area contributed by atoms with E-state index in [-0.39, 0.29) is 48.6 Å². The summed E-state index contributed by atoms with van der Waals surface area (Å²) in [7, 11) is 1.77. The fourth-order valence-electron chi connectivity index (χ4n) is 5.46. The van der Waals surface area contributed by atoms with Crippen LogP contribution >= 0.6 is 0 Å². The third-order valence-corrected chi connectivity index (χ3v) is 7.16. The highest BCUT2D eigenvalue weighted by Crippen LogP contribution is 2.32. The lowest BCUT2D eigenvalue weighted by Crippen LogP contribution is -2.54. The zero-order valence-electron chi connectivity index (χ0n) is 20.1. The molecule has 2 aromatic carbocycles. The highest BCUT2D eigenvalue weighted by molar-refractivity contribution is 5.99. The smallest absolute Gasteiger partial charge is 0.257 e. The fourth-order valence-corrected chi connectivity index (χ4v) is 5.46. The zero-order valence-corrected chi connectivity index (χ0v) is 20.1. The van der Waals surface area contributed by atoms with Crippen LogP contribution in [0.4, 0.5) is 5.69 Å². The van der Waals surface area contributed by atoms with Gasteiger partial charge in [0.2, 0.25) is 11.8 Å². The van der Waals surface area contributed by atoms with E-state index in [2.05, 4.69) is 22.8 Å². The number of carbonyl (C=O) groups is 3. The summed E-state index contributed by atoms with van der Waals surface area (Å²) >= 11 is 0. The molecule has 3 aliphatic rings. The van der Waals surface area contributed by atoms with Crippen LogP contribution in [-0.2, 0) is 27.2 Å². The molecule has 0 unspecified atom stereocenters. The van der Waals surface area contributed by atoms with Crippen LogP contribution in [0.5, 0.6) is 5.75 Å². The van der Waals surface area contributed by atoms with E-state index in [4.69, 9.17) is 9.47 Å². The maximum atomic E-state index is 13.2. The third-order valence-electron chi connectivity index (χ3n) is 7.16. The number of anilines is 1. The first kappa shape index (κ1) is 23.4.